The molecule has 0 saturated carbocycles. The maximum Gasteiger partial charge on any atom is 0.387 e. The van der Waals surface area contributed by atoms with Gasteiger partial charge in [0, 0.05) is 19.4 Å². The zero-order chi connectivity index (χ0) is 10.4. The molecule has 78 valence electrons. The predicted molar refractivity (Wildman–Crippen MR) is 61.4 cm³/mol. The van der Waals surface area contributed by atoms with E-state index >= 15 is 0 Å². The molecule has 1 aliphatic carbocycles. The quantitative estimate of drug-likeness (QED) is 0.622. The highest BCUT2D eigenvalue weighted by atomic mass is 32.1. The second kappa shape index (κ2) is 3.27. The number of hydrogen-bond acceptors (Lipinski definition) is 2. The maximum atomic E-state index is 4.62. The Morgan fingerprint density at radius 3 is 2.93 bits per heavy atom. The first-order valence-corrected chi connectivity index (χ1v) is 6.38. The van der Waals surface area contributed by atoms with Crippen molar-refractivity contribution in [2.24, 2.45) is 0 Å². The minimum atomic E-state index is 1.13. The molecule has 0 spiro atoms. The summed E-state index contributed by atoms with van der Waals surface area (Å²) in [5, 5.41) is 0. The zero-order valence-electron chi connectivity index (χ0n) is 9.21. The highest BCUT2D eigenvalue weighted by Crippen LogP contribution is 2.25. The molecule has 15 heavy (non-hydrogen) atoms. The van der Waals surface area contributed by atoms with E-state index in [0.29, 0.717) is 0 Å². The van der Waals surface area contributed by atoms with Crippen LogP contribution in [-0.2, 0) is 12.8 Å². The fourth-order valence-corrected chi connectivity index (χ4v) is 3.78. The largest absolute Gasteiger partial charge is 0.387 e. The topological polar surface area (TPSA) is 17.0 Å². The molecule has 2 aromatic heterocycles. The van der Waals surface area contributed by atoms with E-state index in [4.69, 9.17) is 0 Å². The molecule has 0 radical (unpaired) electrons. The molecule has 1 aliphatic rings. The number of fused-ring (bicyclic) bond motifs is 3. The fourth-order valence-electron chi connectivity index (χ4n) is 2.47. The Morgan fingerprint density at radius 2 is 2.07 bits per heavy atom. The van der Waals surface area contributed by atoms with Gasteiger partial charge in [0.15, 0.2) is 5.69 Å². The van der Waals surface area contributed by atoms with Crippen molar-refractivity contribution in [2.75, 3.05) is 0 Å². The molecule has 2 heterocycles. The summed E-state index contributed by atoms with van der Waals surface area (Å²) in [5.41, 5.74) is 3.98. The minimum Gasteiger partial charge on any atom is -0.187 e. The summed E-state index contributed by atoms with van der Waals surface area (Å²) in [5.74, 6) is 0. The summed E-state index contributed by atoms with van der Waals surface area (Å²) in [6, 6.07) is 2.18. The van der Waals surface area contributed by atoms with Crippen molar-refractivity contribution in [3.63, 3.8) is 0 Å². The highest BCUT2D eigenvalue weighted by molar-refractivity contribution is 7.16. The molecule has 0 fully saturated rings. The van der Waals surface area contributed by atoms with Crippen LogP contribution < -0.4 is 4.40 Å². The molecular weight excluding hydrogens is 204 g/mol. The second-order valence-corrected chi connectivity index (χ2v) is 5.40. The van der Waals surface area contributed by atoms with Crippen molar-refractivity contribution in [3.8, 4) is 0 Å². The lowest BCUT2D eigenvalue weighted by molar-refractivity contribution is -0.528. The number of aryl methyl sites for hydroxylation is 4. The van der Waals surface area contributed by atoms with E-state index in [9.17, 15) is 0 Å². The molecule has 2 nitrogen and oxygen atoms in total. The van der Waals surface area contributed by atoms with Gasteiger partial charge in [-0.2, -0.15) is 4.40 Å². The molecule has 0 unspecified atom stereocenters. The molecule has 0 aromatic carbocycles. The Bertz CT molecular complexity index is 528. The first-order chi connectivity index (χ1) is 7.25. The van der Waals surface area contributed by atoms with Crippen molar-refractivity contribution in [2.45, 2.75) is 39.5 Å². The van der Waals surface area contributed by atoms with Gasteiger partial charge < -0.3 is 0 Å². The Labute approximate surface area is 93.6 Å². The summed E-state index contributed by atoms with van der Waals surface area (Å²) in [6.45, 7) is 4.26. The molecule has 2 aromatic rings. The highest BCUT2D eigenvalue weighted by Gasteiger charge is 2.24. The fraction of sp³-hybridized carbons (Fsp3) is 0.500. The molecule has 0 atom stereocenters. The second-order valence-electron chi connectivity index (χ2n) is 4.34. The summed E-state index contributed by atoms with van der Waals surface area (Å²) in [4.78, 5) is 7.36. The molecule has 0 saturated heterocycles. The Kier molecular flexibility index (Phi) is 2.02. The number of rotatable bonds is 0. The lowest BCUT2D eigenvalue weighted by atomic mass is 10.0. The molecule has 3 heteroatoms. The van der Waals surface area contributed by atoms with Crippen molar-refractivity contribution in [1.29, 1.82) is 0 Å². The third kappa shape index (κ3) is 1.37. The van der Waals surface area contributed by atoms with Crippen molar-refractivity contribution in [1.82, 2.24) is 4.98 Å². The van der Waals surface area contributed by atoms with E-state index in [1.165, 1.54) is 42.0 Å². The Morgan fingerprint density at radius 1 is 1.27 bits per heavy atom. The van der Waals surface area contributed by atoms with Gasteiger partial charge in [0.1, 0.15) is 11.4 Å². The Balaban J connectivity index is 2.37. The van der Waals surface area contributed by atoms with Crippen LogP contribution in [0.1, 0.15) is 34.8 Å². The van der Waals surface area contributed by atoms with Crippen molar-refractivity contribution >= 4 is 16.3 Å². The van der Waals surface area contributed by atoms with Gasteiger partial charge in [-0.25, -0.2) is 0 Å². The van der Waals surface area contributed by atoms with Crippen LogP contribution in [0.15, 0.2) is 6.07 Å². The molecule has 0 amide bonds. The van der Waals surface area contributed by atoms with E-state index in [0.717, 1.165) is 5.69 Å². The van der Waals surface area contributed by atoms with E-state index < -0.39 is 0 Å². The third-order valence-electron chi connectivity index (χ3n) is 3.11. The average Bonchev–Trinajstić information content (AvgIpc) is 2.54. The zero-order valence-corrected chi connectivity index (χ0v) is 10.0. The minimum absolute atomic E-state index is 1.13. The molecule has 0 N–H and O–H groups in total. The molecule has 0 bridgehead atoms. The van der Waals surface area contributed by atoms with E-state index in [-0.39, 0.29) is 0 Å². The van der Waals surface area contributed by atoms with E-state index in [2.05, 4.69) is 29.3 Å². The first-order valence-electron chi connectivity index (χ1n) is 5.56. The SMILES string of the molecule is Cc1cc(C)[n+]2c3c(sc2n1)CCCC3. The summed E-state index contributed by atoms with van der Waals surface area (Å²) in [7, 11) is 0. The van der Waals surface area contributed by atoms with Crippen LogP contribution in [0, 0.1) is 13.8 Å². The molecule has 0 aliphatic heterocycles. The van der Waals surface area contributed by atoms with Gasteiger partial charge >= 0.3 is 4.96 Å². The normalized spacial score (nSPS) is 15.6. The van der Waals surface area contributed by atoms with Crippen LogP contribution in [-0.4, -0.2) is 4.98 Å². The Hall–Kier alpha value is -0.960. The predicted octanol–water partition coefficient (Wildman–Crippen LogP) is 2.38. The standard InChI is InChI=1S/C12H15N2S/c1-8-7-9(2)14-10-5-3-4-6-11(10)15-12(14)13-8/h7H,3-6H2,1-2H3/q+1. The van der Waals surface area contributed by atoms with Crippen LogP contribution in [0.3, 0.4) is 0 Å². The van der Waals surface area contributed by atoms with Crippen LogP contribution in [0.4, 0.5) is 0 Å². The summed E-state index contributed by atoms with van der Waals surface area (Å²) < 4.78 is 2.35. The smallest absolute Gasteiger partial charge is 0.187 e. The third-order valence-corrected chi connectivity index (χ3v) is 4.25. The van der Waals surface area contributed by atoms with E-state index in [1.807, 2.05) is 11.3 Å². The number of aromatic nitrogens is 2. The van der Waals surface area contributed by atoms with Gasteiger partial charge in [-0.3, -0.25) is 0 Å². The number of hydrogen-bond donors (Lipinski definition) is 0. The first kappa shape index (κ1) is 9.28. The maximum absolute atomic E-state index is 4.62. The van der Waals surface area contributed by atoms with Crippen LogP contribution in [0.2, 0.25) is 0 Å². The van der Waals surface area contributed by atoms with Crippen LogP contribution >= 0.6 is 11.3 Å². The number of thiazole rings is 1. The van der Waals surface area contributed by atoms with Crippen molar-refractivity contribution < 1.29 is 4.40 Å². The van der Waals surface area contributed by atoms with Crippen molar-refractivity contribution in [3.05, 3.63) is 28.0 Å². The summed E-state index contributed by atoms with van der Waals surface area (Å²) >= 11 is 1.88. The molecular formula is C12H15N2S+. The average molecular weight is 219 g/mol. The van der Waals surface area contributed by atoms with Gasteiger partial charge in [-0.1, -0.05) is 0 Å². The summed E-state index contributed by atoms with van der Waals surface area (Å²) in [6.07, 6.45) is 5.16. The van der Waals surface area contributed by atoms with Gasteiger partial charge in [0.2, 0.25) is 0 Å². The van der Waals surface area contributed by atoms with Gasteiger partial charge in [0.05, 0.1) is 4.88 Å². The number of nitrogens with zero attached hydrogens (tertiary/aromatic N) is 2. The van der Waals surface area contributed by atoms with E-state index in [1.54, 1.807) is 4.88 Å². The molecule has 3 rings (SSSR count). The van der Waals surface area contributed by atoms with Crippen LogP contribution in [0.25, 0.3) is 4.96 Å². The lowest BCUT2D eigenvalue weighted by Crippen LogP contribution is -2.30. The monoisotopic (exact) mass is 219 g/mol. The van der Waals surface area contributed by atoms with Crippen LogP contribution in [0.5, 0.6) is 0 Å². The van der Waals surface area contributed by atoms with Gasteiger partial charge in [-0.05, 0) is 42.5 Å². The van der Waals surface area contributed by atoms with Gasteiger partial charge in [0.25, 0.3) is 0 Å². The lowest BCUT2D eigenvalue weighted by Gasteiger charge is -2.07. The van der Waals surface area contributed by atoms with Gasteiger partial charge in [-0.15, -0.1) is 0 Å².